The largest absolute Gasteiger partial charge is 0.0619 e. The molecule has 0 fully saturated rings. The van der Waals surface area contributed by atoms with Gasteiger partial charge in [0, 0.05) is 5.41 Å². The van der Waals surface area contributed by atoms with E-state index in [2.05, 4.69) is 198 Å². The highest BCUT2D eigenvalue weighted by Crippen LogP contribution is 2.51. The van der Waals surface area contributed by atoms with Gasteiger partial charge in [-0.05, 0) is 130 Å². The summed E-state index contributed by atoms with van der Waals surface area (Å²) in [5.74, 6) is 0. The second kappa shape index (κ2) is 11.7. The Hall–Kier alpha value is -5.72. The predicted octanol–water partition coefficient (Wildman–Crippen LogP) is 14.3. The van der Waals surface area contributed by atoms with Crippen molar-refractivity contribution in [3.8, 4) is 55.6 Å². The van der Waals surface area contributed by atoms with Crippen molar-refractivity contribution >= 4 is 21.5 Å². The number of fused-ring (bicyclic) bond motifs is 5. The lowest BCUT2D eigenvalue weighted by molar-refractivity contribution is 0.592. The fourth-order valence-corrected chi connectivity index (χ4v) is 8.30. The van der Waals surface area contributed by atoms with E-state index >= 15 is 0 Å². The molecule has 0 heterocycles. The molecule has 0 amide bonds. The van der Waals surface area contributed by atoms with Crippen molar-refractivity contribution in [1.82, 2.24) is 0 Å². The highest BCUT2D eigenvalue weighted by molar-refractivity contribution is 5.94. The maximum atomic E-state index is 2.43. The molecule has 246 valence electrons. The van der Waals surface area contributed by atoms with Crippen LogP contribution in [0.1, 0.15) is 51.3 Å². The molecule has 0 heteroatoms. The molecule has 0 N–H and O–H groups in total. The van der Waals surface area contributed by atoms with Gasteiger partial charge < -0.3 is 0 Å². The van der Waals surface area contributed by atoms with Gasteiger partial charge >= 0.3 is 0 Å². The van der Waals surface area contributed by atoms with Crippen LogP contribution >= 0.6 is 0 Å². The summed E-state index contributed by atoms with van der Waals surface area (Å²) in [5, 5.41) is 5.07. The zero-order valence-corrected chi connectivity index (χ0v) is 30.1. The zero-order valence-electron chi connectivity index (χ0n) is 30.1. The molecule has 0 spiro atoms. The Balaban J connectivity index is 1.01. The predicted molar refractivity (Wildman–Crippen MR) is 219 cm³/mol. The lowest BCUT2D eigenvalue weighted by Crippen LogP contribution is -2.15. The summed E-state index contributed by atoms with van der Waals surface area (Å²) in [5.41, 5.74) is 17.0. The Morgan fingerprint density at radius 3 is 1.29 bits per heavy atom. The van der Waals surface area contributed by atoms with Crippen molar-refractivity contribution in [3.05, 3.63) is 180 Å². The maximum Gasteiger partial charge on any atom is 0.0159 e. The number of benzene rings is 8. The first-order chi connectivity index (χ1) is 24.6. The van der Waals surface area contributed by atoms with E-state index in [0.717, 1.165) is 0 Å². The Kier molecular flexibility index (Phi) is 7.16. The van der Waals surface area contributed by atoms with Gasteiger partial charge in [-0.15, -0.1) is 0 Å². The van der Waals surface area contributed by atoms with Crippen LogP contribution in [-0.2, 0) is 10.8 Å². The first-order valence-corrected chi connectivity index (χ1v) is 18.2. The van der Waals surface area contributed by atoms with E-state index in [-0.39, 0.29) is 10.8 Å². The molecular formula is C51H42. The smallest absolute Gasteiger partial charge is 0.0159 e. The van der Waals surface area contributed by atoms with E-state index in [1.54, 1.807) is 0 Å². The monoisotopic (exact) mass is 654 g/mol. The fourth-order valence-electron chi connectivity index (χ4n) is 8.30. The average Bonchev–Trinajstić information content (AvgIpc) is 3.38. The van der Waals surface area contributed by atoms with Gasteiger partial charge in [-0.3, -0.25) is 0 Å². The molecule has 0 saturated heterocycles. The van der Waals surface area contributed by atoms with Crippen LogP contribution in [0.15, 0.2) is 164 Å². The van der Waals surface area contributed by atoms with E-state index < -0.39 is 0 Å². The van der Waals surface area contributed by atoms with Crippen molar-refractivity contribution < 1.29 is 0 Å². The molecule has 0 unspecified atom stereocenters. The summed E-state index contributed by atoms with van der Waals surface area (Å²) < 4.78 is 0. The van der Waals surface area contributed by atoms with Crippen molar-refractivity contribution in [2.24, 2.45) is 0 Å². The van der Waals surface area contributed by atoms with Crippen molar-refractivity contribution in [3.63, 3.8) is 0 Å². The highest BCUT2D eigenvalue weighted by atomic mass is 14.4. The first kappa shape index (κ1) is 31.3. The number of hydrogen-bond donors (Lipinski definition) is 0. The van der Waals surface area contributed by atoms with Crippen molar-refractivity contribution in [1.29, 1.82) is 0 Å². The second-order valence-corrected chi connectivity index (χ2v) is 15.9. The molecule has 8 aromatic rings. The minimum Gasteiger partial charge on any atom is -0.0619 e. The van der Waals surface area contributed by atoms with Crippen molar-refractivity contribution in [2.75, 3.05) is 0 Å². The summed E-state index contributed by atoms with van der Waals surface area (Å²) in [6.07, 6.45) is 0. The van der Waals surface area contributed by atoms with Crippen LogP contribution in [0.25, 0.3) is 77.2 Å². The van der Waals surface area contributed by atoms with Gasteiger partial charge in [0.1, 0.15) is 0 Å². The minimum absolute atomic E-state index is 0.0902. The van der Waals surface area contributed by atoms with Crippen LogP contribution < -0.4 is 0 Å². The molecule has 0 atom stereocenters. The van der Waals surface area contributed by atoms with Crippen LogP contribution in [0.2, 0.25) is 0 Å². The molecular weight excluding hydrogens is 613 g/mol. The van der Waals surface area contributed by atoms with E-state index in [1.165, 1.54) is 93.9 Å². The number of rotatable bonds is 4. The molecule has 51 heavy (non-hydrogen) atoms. The lowest BCUT2D eigenvalue weighted by atomic mass is 9.80. The van der Waals surface area contributed by atoms with Crippen molar-refractivity contribution in [2.45, 2.75) is 45.4 Å². The third-order valence-electron chi connectivity index (χ3n) is 11.2. The van der Waals surface area contributed by atoms with Gasteiger partial charge in [-0.1, -0.05) is 168 Å². The Bertz CT molecular complexity index is 2630. The van der Waals surface area contributed by atoms with Crippen LogP contribution in [0.3, 0.4) is 0 Å². The standard InChI is InChI=1S/C51H42/c1-50(2,3)47-13-9-8-12-44(47)35-17-14-34(15-18-35)42-24-26-45-46-27-25-43(32-49(46)51(4,5)48(45)31-42)41-23-22-39-29-38(20-21-40(39)30-41)37-19-16-33-10-6-7-11-36(33)28-37/h6-32H,1-5H3. The maximum absolute atomic E-state index is 2.43. The van der Waals surface area contributed by atoms with E-state index in [9.17, 15) is 0 Å². The van der Waals surface area contributed by atoms with Gasteiger partial charge in [-0.25, -0.2) is 0 Å². The van der Waals surface area contributed by atoms with Crippen LogP contribution in [0, 0.1) is 0 Å². The summed E-state index contributed by atoms with van der Waals surface area (Å²) >= 11 is 0. The summed E-state index contributed by atoms with van der Waals surface area (Å²) in [6.45, 7) is 11.6. The highest BCUT2D eigenvalue weighted by Gasteiger charge is 2.36. The summed E-state index contributed by atoms with van der Waals surface area (Å²) in [6, 6.07) is 61.2. The van der Waals surface area contributed by atoms with E-state index in [4.69, 9.17) is 0 Å². The molecule has 9 rings (SSSR count). The molecule has 0 aromatic heterocycles. The van der Waals surface area contributed by atoms with Crippen LogP contribution in [0.4, 0.5) is 0 Å². The molecule has 8 aromatic carbocycles. The van der Waals surface area contributed by atoms with Crippen LogP contribution in [-0.4, -0.2) is 0 Å². The Morgan fingerprint density at radius 1 is 0.333 bits per heavy atom. The molecule has 1 aliphatic carbocycles. The molecule has 0 radical (unpaired) electrons. The van der Waals surface area contributed by atoms with Gasteiger partial charge in [0.05, 0.1) is 0 Å². The van der Waals surface area contributed by atoms with Gasteiger partial charge in [0.25, 0.3) is 0 Å². The fraction of sp³-hybridized carbons (Fsp3) is 0.137. The van der Waals surface area contributed by atoms with Gasteiger partial charge in [-0.2, -0.15) is 0 Å². The Morgan fingerprint density at radius 2 is 0.725 bits per heavy atom. The normalized spacial score (nSPS) is 13.4. The minimum atomic E-state index is -0.103. The molecule has 0 aliphatic heterocycles. The second-order valence-electron chi connectivity index (χ2n) is 15.9. The third-order valence-corrected chi connectivity index (χ3v) is 11.2. The number of hydrogen-bond acceptors (Lipinski definition) is 0. The zero-order chi connectivity index (χ0) is 34.9. The van der Waals surface area contributed by atoms with E-state index in [0.29, 0.717) is 0 Å². The quantitative estimate of drug-likeness (QED) is 0.177. The molecule has 0 nitrogen and oxygen atoms in total. The SMILES string of the molecule is CC(C)(C)c1ccccc1-c1ccc(-c2ccc3c(c2)C(C)(C)c2cc(-c4ccc5cc(-c6ccc7ccccc7c6)ccc5c4)ccc2-3)cc1. The summed E-state index contributed by atoms with van der Waals surface area (Å²) in [7, 11) is 0. The first-order valence-electron chi connectivity index (χ1n) is 18.2. The van der Waals surface area contributed by atoms with Crippen LogP contribution in [0.5, 0.6) is 0 Å². The Labute approximate surface area is 302 Å². The summed E-state index contributed by atoms with van der Waals surface area (Å²) in [4.78, 5) is 0. The topological polar surface area (TPSA) is 0 Å². The van der Waals surface area contributed by atoms with E-state index in [1.807, 2.05) is 0 Å². The lowest BCUT2D eigenvalue weighted by Gasteiger charge is -2.23. The van der Waals surface area contributed by atoms with Gasteiger partial charge in [0.2, 0.25) is 0 Å². The molecule has 0 saturated carbocycles. The average molecular weight is 655 g/mol. The molecule has 0 bridgehead atoms. The molecule has 1 aliphatic rings. The van der Waals surface area contributed by atoms with Gasteiger partial charge in [0.15, 0.2) is 0 Å². The third kappa shape index (κ3) is 5.38.